The number of carbonyl (C=O) groups is 1. The maximum absolute atomic E-state index is 13.0. The summed E-state index contributed by atoms with van der Waals surface area (Å²) in [6.07, 6.45) is 12.5. The van der Waals surface area contributed by atoms with E-state index in [0.29, 0.717) is 6.07 Å². The van der Waals surface area contributed by atoms with Crippen LogP contribution >= 0.6 is 0 Å². The van der Waals surface area contributed by atoms with E-state index in [0.717, 1.165) is 18.1 Å². The van der Waals surface area contributed by atoms with Crippen LogP contribution in [0, 0.1) is 75.0 Å². The Morgan fingerprint density at radius 1 is 1.09 bits per heavy atom. The molecule has 2 aliphatic carbocycles. The van der Waals surface area contributed by atoms with Crippen molar-refractivity contribution >= 4 is 11.6 Å². The number of aliphatic hydroxyl groups is 1. The van der Waals surface area contributed by atoms with Crippen molar-refractivity contribution in [3.8, 4) is 6.07 Å². The minimum Gasteiger partial charge on any atom is -0.378 e. The maximum Gasteiger partial charge on any atom is 2.00 e. The van der Waals surface area contributed by atoms with Gasteiger partial charge in [0.2, 0.25) is 0 Å². The molecule has 1 amide bonds. The Kier molecular flexibility index (Phi) is 11.7. The van der Waals surface area contributed by atoms with E-state index in [4.69, 9.17) is 10.00 Å². The monoisotopic (exact) mass is 486 g/mol. The summed E-state index contributed by atoms with van der Waals surface area (Å²) in [4.78, 5) is 12.2. The van der Waals surface area contributed by atoms with Gasteiger partial charge in [0.15, 0.2) is 5.60 Å². The van der Waals surface area contributed by atoms with Gasteiger partial charge in [-0.15, -0.1) is 0 Å². The zero-order valence-electron chi connectivity index (χ0n) is 17.0. The zero-order chi connectivity index (χ0) is 22.9. The van der Waals surface area contributed by atoms with Gasteiger partial charge in [-0.1, -0.05) is 0 Å². The van der Waals surface area contributed by atoms with E-state index in [-0.39, 0.29) is 36.0 Å². The van der Waals surface area contributed by atoms with Crippen molar-refractivity contribution < 1.29 is 44.9 Å². The molecule has 0 bridgehead atoms. The summed E-state index contributed by atoms with van der Waals surface area (Å²) in [5, 5.41) is 21.2. The van der Waals surface area contributed by atoms with Crippen LogP contribution in [0.5, 0.6) is 0 Å². The second-order valence-corrected chi connectivity index (χ2v) is 6.85. The first kappa shape index (κ1) is 28.4. The number of nitrogens with zero attached hydrogens (tertiary/aromatic N) is 1. The van der Waals surface area contributed by atoms with Crippen molar-refractivity contribution in [3.63, 3.8) is 0 Å². The molecule has 3 rings (SSSR count). The normalized spacial score (nSPS) is 18.0. The average molecular weight is 486 g/mol. The third kappa shape index (κ3) is 9.11. The van der Waals surface area contributed by atoms with Crippen LogP contribution in [-0.4, -0.2) is 29.8 Å². The second-order valence-electron chi connectivity index (χ2n) is 6.85. The molecule has 2 fully saturated rings. The summed E-state index contributed by atoms with van der Waals surface area (Å²) in [5.74, 6) is -0.0547. The van der Waals surface area contributed by atoms with Gasteiger partial charge in [-0.05, 0) is 82.9 Å². The van der Waals surface area contributed by atoms with E-state index < -0.39 is 28.8 Å². The molecule has 0 saturated heterocycles. The van der Waals surface area contributed by atoms with Crippen molar-refractivity contribution in [1.29, 1.82) is 5.26 Å². The van der Waals surface area contributed by atoms with E-state index >= 15 is 0 Å². The molecular formula is C23H21F3FeN2O3+2. The molecule has 0 heterocycles. The van der Waals surface area contributed by atoms with Crippen molar-refractivity contribution in [3.05, 3.63) is 93.0 Å². The second kappa shape index (κ2) is 13.2. The van der Waals surface area contributed by atoms with Crippen molar-refractivity contribution in [2.45, 2.75) is 18.7 Å². The number of benzene rings is 1. The van der Waals surface area contributed by atoms with Gasteiger partial charge in [0, 0.05) is 11.6 Å². The van der Waals surface area contributed by atoms with E-state index in [1.54, 1.807) is 0 Å². The summed E-state index contributed by atoms with van der Waals surface area (Å²) in [5.41, 5.74) is -3.85. The number of rotatable bonds is 6. The van der Waals surface area contributed by atoms with Crippen LogP contribution in [0.2, 0.25) is 0 Å². The minimum atomic E-state index is -4.74. The standard InChI is InChI=1S/C18H16F3N2O3.C5H5.Fe/c1-17(25,11-26-10-12-4-2-3-5-12)16(24)23-14-7-6-13(9-22)15(8-14)18(19,20)21;1-2-4-5-3-1;/h2-8,25H,10-11H2,1H3,(H,23,24);1-5H;/q;;+2/t17-;;/m0../s1. The Morgan fingerprint density at radius 3 is 2.16 bits per heavy atom. The molecule has 10 radical (unpaired) electrons. The summed E-state index contributed by atoms with van der Waals surface area (Å²) in [7, 11) is 0. The molecule has 0 spiro atoms. The Bertz CT molecular complexity index is 761. The predicted molar refractivity (Wildman–Crippen MR) is 108 cm³/mol. The van der Waals surface area contributed by atoms with Crippen LogP contribution in [0.4, 0.5) is 18.9 Å². The SMILES string of the molecule is C[C@](O)(COC[C]1[CH][CH][CH][CH]1)C(=O)Nc1ccc(C#N)c(C(F)(F)F)c1.[CH]1[CH][CH][CH][CH]1.[Fe+2]. The number of anilines is 1. The van der Waals surface area contributed by atoms with Crippen LogP contribution in [0.15, 0.2) is 18.2 Å². The van der Waals surface area contributed by atoms with E-state index in [1.165, 1.54) is 13.0 Å². The van der Waals surface area contributed by atoms with Gasteiger partial charge < -0.3 is 15.2 Å². The van der Waals surface area contributed by atoms with Gasteiger partial charge in [0.05, 0.1) is 30.4 Å². The Labute approximate surface area is 198 Å². The van der Waals surface area contributed by atoms with Gasteiger partial charge in [-0.3, -0.25) is 4.79 Å². The predicted octanol–water partition coefficient (Wildman–Crippen LogP) is 3.71. The van der Waals surface area contributed by atoms with Crippen molar-refractivity contribution in [1.82, 2.24) is 0 Å². The molecule has 1 atom stereocenters. The molecule has 168 valence electrons. The molecule has 2 saturated carbocycles. The zero-order valence-corrected chi connectivity index (χ0v) is 18.1. The molecule has 2 aliphatic rings. The first-order valence-electron chi connectivity index (χ1n) is 9.23. The molecular weight excluding hydrogens is 465 g/mol. The average Bonchev–Trinajstić information content (AvgIpc) is 3.44. The van der Waals surface area contributed by atoms with Crippen LogP contribution in [0.1, 0.15) is 18.1 Å². The van der Waals surface area contributed by atoms with E-state index in [2.05, 4.69) is 5.32 Å². The number of hydrogen-bond acceptors (Lipinski definition) is 4. The van der Waals surface area contributed by atoms with E-state index in [9.17, 15) is 23.1 Å². The van der Waals surface area contributed by atoms with E-state index in [1.807, 2.05) is 57.8 Å². The molecule has 1 aromatic carbocycles. The van der Waals surface area contributed by atoms with Gasteiger partial charge in [0.25, 0.3) is 5.91 Å². The van der Waals surface area contributed by atoms with Gasteiger partial charge >= 0.3 is 23.2 Å². The van der Waals surface area contributed by atoms with Gasteiger partial charge in [0.1, 0.15) is 0 Å². The molecule has 32 heavy (non-hydrogen) atoms. The topological polar surface area (TPSA) is 82.3 Å². The minimum absolute atomic E-state index is 0. The molecule has 0 aliphatic heterocycles. The fourth-order valence-electron chi connectivity index (χ4n) is 2.48. The molecule has 9 heteroatoms. The molecule has 0 unspecified atom stereocenters. The number of hydrogen-bond donors (Lipinski definition) is 2. The molecule has 2 N–H and O–H groups in total. The Hall–Kier alpha value is -1.59. The summed E-state index contributed by atoms with van der Waals surface area (Å²) in [6.45, 7) is 1.04. The first-order chi connectivity index (χ1) is 14.6. The Balaban J connectivity index is 0.000000750. The van der Waals surface area contributed by atoms with Crippen LogP contribution in [0.3, 0.4) is 0 Å². The van der Waals surface area contributed by atoms with Gasteiger partial charge in [-0.2, -0.15) is 18.4 Å². The number of alkyl halides is 3. The fourth-order valence-corrected chi connectivity index (χ4v) is 2.48. The van der Waals surface area contributed by atoms with Crippen LogP contribution < -0.4 is 5.32 Å². The van der Waals surface area contributed by atoms with Crippen molar-refractivity contribution in [2.24, 2.45) is 0 Å². The smallest absolute Gasteiger partial charge is 0.378 e. The number of nitrogens with one attached hydrogen (secondary N) is 1. The number of carbonyl (C=O) groups excluding carboxylic acids is 1. The third-order valence-corrected chi connectivity index (χ3v) is 4.13. The quantitative estimate of drug-likeness (QED) is 0.601. The Morgan fingerprint density at radius 2 is 1.66 bits per heavy atom. The number of amides is 1. The van der Waals surface area contributed by atoms with Crippen LogP contribution in [-0.2, 0) is 32.8 Å². The maximum atomic E-state index is 13.0. The number of halogens is 3. The largest absolute Gasteiger partial charge is 2.00 e. The third-order valence-electron chi connectivity index (χ3n) is 4.13. The first-order valence-corrected chi connectivity index (χ1v) is 9.23. The summed E-state index contributed by atoms with van der Waals surface area (Å²) < 4.78 is 44.1. The fraction of sp³-hybridized carbons (Fsp3) is 0.217. The summed E-state index contributed by atoms with van der Waals surface area (Å²) in [6, 6.07) is 4.22. The molecule has 5 nitrogen and oxygen atoms in total. The van der Waals surface area contributed by atoms with Gasteiger partial charge in [-0.25, -0.2) is 0 Å². The van der Waals surface area contributed by atoms with Crippen LogP contribution in [0.25, 0.3) is 0 Å². The molecule has 0 aromatic heterocycles. The summed E-state index contributed by atoms with van der Waals surface area (Å²) >= 11 is 0. The number of ether oxygens (including phenoxy) is 1. The number of nitriles is 1. The van der Waals surface area contributed by atoms with Crippen molar-refractivity contribution in [2.75, 3.05) is 18.5 Å². The molecule has 1 aromatic rings.